The van der Waals surface area contributed by atoms with Crippen LogP contribution >= 0.6 is 15.9 Å². The predicted octanol–water partition coefficient (Wildman–Crippen LogP) is 1.19. The van der Waals surface area contributed by atoms with E-state index in [0.29, 0.717) is 15.7 Å². The number of amides is 2. The van der Waals surface area contributed by atoms with Crippen LogP contribution < -0.4 is 5.73 Å². The molecule has 0 aliphatic rings. The minimum absolute atomic E-state index is 0.0348. The van der Waals surface area contributed by atoms with Gasteiger partial charge in [-0.2, -0.15) is 0 Å². The summed E-state index contributed by atoms with van der Waals surface area (Å²) in [6.07, 6.45) is 0. The molecule has 6 heteroatoms. The fraction of sp³-hybridized carbons (Fsp3) is 0.333. The molecule has 0 aliphatic heterocycles. The SMILES string of the molecule is CN(C)C(=O)CN(C)C(=O)c1cc(N)ccc1Br. The zero-order valence-electron chi connectivity index (χ0n) is 10.6. The Bertz CT molecular complexity index is 474. The highest BCUT2D eigenvalue weighted by Crippen LogP contribution is 2.20. The molecule has 0 spiro atoms. The summed E-state index contributed by atoms with van der Waals surface area (Å²) in [6, 6.07) is 5.00. The molecule has 2 amide bonds. The van der Waals surface area contributed by atoms with Gasteiger partial charge in [-0.1, -0.05) is 0 Å². The molecule has 1 aromatic rings. The highest BCUT2D eigenvalue weighted by atomic mass is 79.9. The monoisotopic (exact) mass is 313 g/mol. The molecule has 5 nitrogen and oxygen atoms in total. The Hall–Kier alpha value is -1.56. The zero-order valence-corrected chi connectivity index (χ0v) is 12.2. The van der Waals surface area contributed by atoms with Crippen molar-refractivity contribution >= 4 is 33.4 Å². The Morgan fingerprint density at radius 2 is 1.89 bits per heavy atom. The van der Waals surface area contributed by atoms with E-state index in [-0.39, 0.29) is 18.4 Å². The lowest BCUT2D eigenvalue weighted by Gasteiger charge is -2.20. The smallest absolute Gasteiger partial charge is 0.255 e. The maximum absolute atomic E-state index is 12.1. The predicted molar refractivity (Wildman–Crippen MR) is 74.2 cm³/mol. The lowest BCUT2D eigenvalue weighted by atomic mass is 10.2. The van der Waals surface area contributed by atoms with Gasteiger partial charge in [-0.15, -0.1) is 0 Å². The van der Waals surface area contributed by atoms with Crippen LogP contribution in [-0.4, -0.2) is 49.3 Å². The third kappa shape index (κ3) is 3.46. The lowest BCUT2D eigenvalue weighted by Crippen LogP contribution is -2.37. The first kappa shape index (κ1) is 14.5. The highest BCUT2D eigenvalue weighted by molar-refractivity contribution is 9.10. The van der Waals surface area contributed by atoms with Crippen LogP contribution in [0.15, 0.2) is 22.7 Å². The summed E-state index contributed by atoms with van der Waals surface area (Å²) < 4.78 is 0.658. The van der Waals surface area contributed by atoms with Gasteiger partial charge in [-0.3, -0.25) is 9.59 Å². The molecule has 0 bridgehead atoms. The molecule has 1 aromatic carbocycles. The topological polar surface area (TPSA) is 66.6 Å². The molecular weight excluding hydrogens is 298 g/mol. The van der Waals surface area contributed by atoms with Gasteiger partial charge in [0.1, 0.15) is 0 Å². The second-order valence-corrected chi connectivity index (χ2v) is 5.04. The minimum atomic E-state index is -0.246. The quantitative estimate of drug-likeness (QED) is 0.852. The van der Waals surface area contributed by atoms with Crippen molar-refractivity contribution in [2.45, 2.75) is 0 Å². The molecule has 0 atom stereocenters. The van der Waals surface area contributed by atoms with E-state index in [1.807, 2.05) is 0 Å². The van der Waals surface area contributed by atoms with Crippen molar-refractivity contribution in [1.82, 2.24) is 9.80 Å². The molecule has 0 saturated carbocycles. The van der Waals surface area contributed by atoms with Gasteiger partial charge in [-0.05, 0) is 34.1 Å². The number of halogens is 1. The third-order valence-electron chi connectivity index (χ3n) is 2.44. The number of nitrogens with zero attached hydrogens (tertiary/aromatic N) is 2. The van der Waals surface area contributed by atoms with Gasteiger partial charge in [0, 0.05) is 31.3 Å². The van der Waals surface area contributed by atoms with Gasteiger partial charge in [0.15, 0.2) is 0 Å². The fourth-order valence-corrected chi connectivity index (χ4v) is 1.74. The van der Waals surface area contributed by atoms with Gasteiger partial charge in [-0.25, -0.2) is 0 Å². The standard InChI is InChI=1S/C12H16BrN3O2/c1-15(2)11(17)7-16(3)12(18)9-6-8(14)4-5-10(9)13/h4-6H,7,14H2,1-3H3. The van der Waals surface area contributed by atoms with Crippen molar-refractivity contribution < 1.29 is 9.59 Å². The maximum Gasteiger partial charge on any atom is 0.255 e. The Balaban J connectivity index is 2.87. The number of hydrogen-bond acceptors (Lipinski definition) is 3. The number of benzene rings is 1. The van der Waals surface area contributed by atoms with Crippen LogP contribution in [-0.2, 0) is 4.79 Å². The van der Waals surface area contributed by atoms with Crippen LogP contribution in [0.5, 0.6) is 0 Å². The van der Waals surface area contributed by atoms with Crippen molar-refractivity contribution in [2.75, 3.05) is 33.4 Å². The molecule has 0 aliphatic carbocycles. The minimum Gasteiger partial charge on any atom is -0.399 e. The second-order valence-electron chi connectivity index (χ2n) is 4.19. The molecule has 0 heterocycles. The van der Waals surface area contributed by atoms with Crippen molar-refractivity contribution in [3.05, 3.63) is 28.2 Å². The Morgan fingerprint density at radius 3 is 2.44 bits per heavy atom. The Kier molecular flexibility index (Phi) is 4.72. The average molecular weight is 314 g/mol. The summed E-state index contributed by atoms with van der Waals surface area (Å²) in [5.41, 5.74) is 6.60. The fourth-order valence-electron chi connectivity index (χ4n) is 1.33. The number of hydrogen-bond donors (Lipinski definition) is 1. The van der Waals surface area contributed by atoms with Crippen LogP contribution in [0.2, 0.25) is 0 Å². The van der Waals surface area contributed by atoms with Crippen LogP contribution in [0.25, 0.3) is 0 Å². The Labute approximate surface area is 115 Å². The summed E-state index contributed by atoms with van der Waals surface area (Å²) in [6.45, 7) is 0.0348. The molecular formula is C12H16BrN3O2. The second kappa shape index (κ2) is 5.86. The van der Waals surface area contributed by atoms with Gasteiger partial charge < -0.3 is 15.5 Å². The van der Waals surface area contributed by atoms with Crippen molar-refractivity contribution in [1.29, 1.82) is 0 Å². The number of carbonyl (C=O) groups is 2. The molecule has 18 heavy (non-hydrogen) atoms. The van der Waals surface area contributed by atoms with E-state index in [0.717, 1.165) is 0 Å². The number of nitrogen functional groups attached to an aromatic ring is 1. The van der Waals surface area contributed by atoms with Gasteiger partial charge in [0.25, 0.3) is 5.91 Å². The summed E-state index contributed by atoms with van der Waals surface area (Å²) in [5.74, 6) is -0.379. The lowest BCUT2D eigenvalue weighted by molar-refractivity contribution is -0.129. The van der Waals surface area contributed by atoms with E-state index in [2.05, 4.69) is 15.9 Å². The number of carbonyl (C=O) groups excluding carboxylic acids is 2. The van der Waals surface area contributed by atoms with Crippen molar-refractivity contribution in [2.24, 2.45) is 0 Å². The molecule has 0 aromatic heterocycles. The zero-order chi connectivity index (χ0) is 13.9. The average Bonchev–Trinajstić information content (AvgIpc) is 2.31. The maximum atomic E-state index is 12.1. The van der Waals surface area contributed by atoms with E-state index in [1.54, 1.807) is 39.3 Å². The van der Waals surface area contributed by atoms with Crippen molar-refractivity contribution in [3.63, 3.8) is 0 Å². The van der Waals surface area contributed by atoms with Gasteiger partial charge in [0.05, 0.1) is 12.1 Å². The third-order valence-corrected chi connectivity index (χ3v) is 3.13. The van der Waals surface area contributed by atoms with E-state index in [4.69, 9.17) is 5.73 Å². The van der Waals surface area contributed by atoms with E-state index in [9.17, 15) is 9.59 Å². The summed E-state index contributed by atoms with van der Waals surface area (Å²) in [7, 11) is 4.88. The molecule has 1 rings (SSSR count). The molecule has 0 radical (unpaired) electrons. The van der Waals surface area contributed by atoms with Crippen LogP contribution in [0.3, 0.4) is 0 Å². The Morgan fingerprint density at radius 1 is 1.28 bits per heavy atom. The first-order valence-corrected chi connectivity index (χ1v) is 6.13. The van der Waals surface area contributed by atoms with Crippen LogP contribution in [0, 0.1) is 0 Å². The first-order chi connectivity index (χ1) is 8.32. The largest absolute Gasteiger partial charge is 0.399 e. The molecule has 2 N–H and O–H groups in total. The number of likely N-dealkylation sites (N-methyl/N-ethyl adjacent to an activating group) is 2. The summed E-state index contributed by atoms with van der Waals surface area (Å²) in [5, 5.41) is 0. The number of nitrogens with two attached hydrogens (primary N) is 1. The molecule has 0 saturated heterocycles. The molecule has 0 fully saturated rings. The van der Waals surface area contributed by atoms with E-state index >= 15 is 0 Å². The highest BCUT2D eigenvalue weighted by Gasteiger charge is 2.18. The van der Waals surface area contributed by atoms with Gasteiger partial charge in [0.2, 0.25) is 5.91 Å². The van der Waals surface area contributed by atoms with Gasteiger partial charge >= 0.3 is 0 Å². The molecule has 98 valence electrons. The van der Waals surface area contributed by atoms with Crippen LogP contribution in [0.1, 0.15) is 10.4 Å². The first-order valence-electron chi connectivity index (χ1n) is 5.33. The van der Waals surface area contributed by atoms with Crippen molar-refractivity contribution in [3.8, 4) is 0 Å². The normalized spacial score (nSPS) is 10.0. The summed E-state index contributed by atoms with van der Waals surface area (Å²) in [4.78, 5) is 26.5. The van der Waals surface area contributed by atoms with E-state index < -0.39 is 0 Å². The van der Waals surface area contributed by atoms with E-state index in [1.165, 1.54) is 9.80 Å². The van der Waals surface area contributed by atoms with Crippen LogP contribution in [0.4, 0.5) is 5.69 Å². The molecule has 0 unspecified atom stereocenters. The number of rotatable bonds is 3. The summed E-state index contributed by atoms with van der Waals surface area (Å²) >= 11 is 3.30. The number of anilines is 1.